The van der Waals surface area contributed by atoms with Crippen molar-refractivity contribution >= 4 is 22.9 Å². The van der Waals surface area contributed by atoms with E-state index in [1.165, 1.54) is 0 Å². The molecule has 0 unspecified atom stereocenters. The molecule has 0 fully saturated rings. The van der Waals surface area contributed by atoms with Gasteiger partial charge in [0.15, 0.2) is 0 Å². The summed E-state index contributed by atoms with van der Waals surface area (Å²) in [4.78, 5) is 0. The Morgan fingerprint density at radius 1 is 0.889 bits per heavy atom. The normalized spacial score (nSPS) is 10.4. The van der Waals surface area contributed by atoms with Gasteiger partial charge in [0, 0.05) is 55.8 Å². The fourth-order valence-corrected chi connectivity index (χ4v) is 1.69. The SMILES string of the molecule is C#CCNCCCOCCCCOCCCNI. The van der Waals surface area contributed by atoms with Crippen LogP contribution in [0, 0.1) is 12.3 Å². The third-order valence-corrected chi connectivity index (χ3v) is 2.80. The number of rotatable bonds is 14. The van der Waals surface area contributed by atoms with Gasteiger partial charge < -0.3 is 14.8 Å². The summed E-state index contributed by atoms with van der Waals surface area (Å²) in [6.45, 7) is 5.90. The monoisotopic (exact) mass is 368 g/mol. The van der Waals surface area contributed by atoms with Crippen LogP contribution in [0.5, 0.6) is 0 Å². The van der Waals surface area contributed by atoms with Crippen molar-refractivity contribution in [2.24, 2.45) is 0 Å². The van der Waals surface area contributed by atoms with Gasteiger partial charge in [0.1, 0.15) is 0 Å². The summed E-state index contributed by atoms with van der Waals surface area (Å²) in [7, 11) is 0. The minimum atomic E-state index is 0.643. The Kier molecular flexibility index (Phi) is 17.3. The number of halogens is 1. The Labute approximate surface area is 125 Å². The highest BCUT2D eigenvalue weighted by Crippen LogP contribution is 1.93. The molecule has 0 rings (SSSR count). The highest BCUT2D eigenvalue weighted by Gasteiger charge is 1.92. The molecule has 0 spiro atoms. The summed E-state index contributed by atoms with van der Waals surface area (Å²) in [6.07, 6.45) is 9.35. The summed E-state index contributed by atoms with van der Waals surface area (Å²) in [5.74, 6) is 2.54. The molecular formula is C13H25IN2O2. The molecule has 0 bridgehead atoms. The molecule has 106 valence electrons. The first-order chi connectivity index (χ1) is 8.91. The van der Waals surface area contributed by atoms with Crippen molar-refractivity contribution in [3.63, 3.8) is 0 Å². The molecule has 0 atom stereocenters. The fourth-order valence-electron chi connectivity index (χ4n) is 1.31. The van der Waals surface area contributed by atoms with Gasteiger partial charge in [-0.25, -0.2) is 0 Å². The summed E-state index contributed by atoms with van der Waals surface area (Å²) >= 11 is 2.15. The molecule has 0 saturated carbocycles. The lowest BCUT2D eigenvalue weighted by molar-refractivity contribution is 0.101. The molecule has 0 radical (unpaired) electrons. The standard InChI is InChI=1S/C13H25IN2O2/c1-2-7-15-8-5-12-17-10-3-4-11-18-13-6-9-16-14/h1,15-16H,3-13H2. The third-order valence-electron chi connectivity index (χ3n) is 2.26. The van der Waals surface area contributed by atoms with E-state index < -0.39 is 0 Å². The highest BCUT2D eigenvalue weighted by atomic mass is 127. The van der Waals surface area contributed by atoms with Gasteiger partial charge in [-0.05, 0) is 32.2 Å². The zero-order valence-electron chi connectivity index (χ0n) is 11.0. The lowest BCUT2D eigenvalue weighted by Gasteiger charge is -2.05. The van der Waals surface area contributed by atoms with Gasteiger partial charge in [0.25, 0.3) is 0 Å². The van der Waals surface area contributed by atoms with Crippen molar-refractivity contribution in [2.75, 3.05) is 46.1 Å². The van der Waals surface area contributed by atoms with Crippen molar-refractivity contribution in [3.8, 4) is 12.3 Å². The number of terminal acetylenes is 1. The first kappa shape index (κ1) is 18.1. The van der Waals surface area contributed by atoms with Crippen LogP contribution in [0.15, 0.2) is 0 Å². The number of hydrogen-bond donors (Lipinski definition) is 2. The number of ether oxygens (including phenoxy) is 2. The zero-order chi connectivity index (χ0) is 13.3. The van der Waals surface area contributed by atoms with E-state index in [1.54, 1.807) is 0 Å². The zero-order valence-corrected chi connectivity index (χ0v) is 13.2. The number of hydrogen-bond acceptors (Lipinski definition) is 4. The topological polar surface area (TPSA) is 42.5 Å². The van der Waals surface area contributed by atoms with Gasteiger partial charge in [-0.15, -0.1) is 6.42 Å². The smallest absolute Gasteiger partial charge is 0.0573 e. The number of nitrogens with one attached hydrogen (secondary N) is 2. The van der Waals surface area contributed by atoms with Crippen LogP contribution in [0.4, 0.5) is 0 Å². The van der Waals surface area contributed by atoms with Crippen LogP contribution in [-0.2, 0) is 9.47 Å². The van der Waals surface area contributed by atoms with Crippen molar-refractivity contribution in [1.82, 2.24) is 8.85 Å². The average molecular weight is 368 g/mol. The van der Waals surface area contributed by atoms with Gasteiger partial charge in [-0.1, -0.05) is 5.92 Å². The van der Waals surface area contributed by atoms with Crippen molar-refractivity contribution in [2.45, 2.75) is 25.7 Å². The summed E-state index contributed by atoms with van der Waals surface area (Å²) < 4.78 is 14.0. The molecule has 4 nitrogen and oxygen atoms in total. The molecule has 5 heteroatoms. The highest BCUT2D eigenvalue weighted by molar-refractivity contribution is 14.1. The van der Waals surface area contributed by atoms with Crippen LogP contribution in [0.1, 0.15) is 25.7 Å². The van der Waals surface area contributed by atoms with Crippen LogP contribution in [0.3, 0.4) is 0 Å². The van der Waals surface area contributed by atoms with Crippen molar-refractivity contribution in [1.29, 1.82) is 0 Å². The average Bonchev–Trinajstić information content (AvgIpc) is 2.39. The Balaban J connectivity index is 2.89. The van der Waals surface area contributed by atoms with Gasteiger partial charge in [0.05, 0.1) is 6.54 Å². The molecular weight excluding hydrogens is 343 g/mol. The van der Waals surface area contributed by atoms with E-state index in [1.807, 2.05) is 0 Å². The van der Waals surface area contributed by atoms with E-state index in [9.17, 15) is 0 Å². The molecule has 0 aliphatic rings. The first-order valence-electron chi connectivity index (χ1n) is 6.55. The Morgan fingerprint density at radius 3 is 2.00 bits per heavy atom. The van der Waals surface area contributed by atoms with Crippen molar-refractivity contribution in [3.05, 3.63) is 0 Å². The minimum Gasteiger partial charge on any atom is -0.381 e. The van der Waals surface area contributed by atoms with Gasteiger partial charge >= 0.3 is 0 Å². The van der Waals surface area contributed by atoms with Gasteiger partial charge in [-0.2, -0.15) is 0 Å². The first-order valence-corrected chi connectivity index (χ1v) is 7.63. The Bertz CT molecular complexity index is 198. The largest absolute Gasteiger partial charge is 0.381 e. The van der Waals surface area contributed by atoms with E-state index in [4.69, 9.17) is 15.9 Å². The van der Waals surface area contributed by atoms with Gasteiger partial charge in [0.2, 0.25) is 0 Å². The molecule has 0 saturated heterocycles. The van der Waals surface area contributed by atoms with Crippen LogP contribution in [-0.4, -0.2) is 46.1 Å². The van der Waals surface area contributed by atoms with Crippen LogP contribution in [0.2, 0.25) is 0 Å². The van der Waals surface area contributed by atoms with E-state index in [-0.39, 0.29) is 0 Å². The Morgan fingerprint density at radius 2 is 1.44 bits per heavy atom. The molecule has 0 aliphatic carbocycles. The number of unbranched alkanes of at least 4 members (excludes halogenated alkanes) is 1. The van der Waals surface area contributed by atoms with Crippen LogP contribution < -0.4 is 8.85 Å². The van der Waals surface area contributed by atoms with E-state index in [0.29, 0.717) is 6.54 Å². The fraction of sp³-hybridized carbons (Fsp3) is 0.846. The predicted octanol–water partition coefficient (Wildman–Crippen LogP) is 1.74. The molecule has 0 aromatic carbocycles. The lowest BCUT2D eigenvalue weighted by Crippen LogP contribution is -2.16. The third kappa shape index (κ3) is 16.1. The second kappa shape index (κ2) is 17.1. The van der Waals surface area contributed by atoms with E-state index in [2.05, 4.69) is 37.6 Å². The maximum absolute atomic E-state index is 5.50. The second-order valence-electron chi connectivity index (χ2n) is 3.90. The molecule has 0 aromatic rings. The summed E-state index contributed by atoms with van der Waals surface area (Å²) in [6, 6.07) is 0. The molecule has 0 amide bonds. The molecule has 0 aromatic heterocycles. The Hall–Kier alpha value is 0.130. The molecule has 0 heterocycles. The quantitative estimate of drug-likeness (QED) is 0.212. The van der Waals surface area contributed by atoms with Crippen molar-refractivity contribution < 1.29 is 9.47 Å². The van der Waals surface area contributed by atoms with Crippen LogP contribution >= 0.6 is 22.9 Å². The second-order valence-corrected chi connectivity index (χ2v) is 4.67. The molecule has 2 N–H and O–H groups in total. The van der Waals surface area contributed by atoms with E-state index >= 15 is 0 Å². The van der Waals surface area contributed by atoms with E-state index in [0.717, 1.165) is 65.2 Å². The maximum atomic E-state index is 5.50. The molecule has 0 aliphatic heterocycles. The van der Waals surface area contributed by atoms with Crippen LogP contribution in [0.25, 0.3) is 0 Å². The molecule has 18 heavy (non-hydrogen) atoms. The predicted molar refractivity (Wildman–Crippen MR) is 83.8 cm³/mol. The summed E-state index contributed by atoms with van der Waals surface area (Å²) in [5, 5.41) is 3.13. The maximum Gasteiger partial charge on any atom is 0.0573 e. The minimum absolute atomic E-state index is 0.643. The summed E-state index contributed by atoms with van der Waals surface area (Å²) in [5.41, 5.74) is 0. The lowest BCUT2D eigenvalue weighted by atomic mass is 10.3. The van der Waals surface area contributed by atoms with Gasteiger partial charge in [-0.3, -0.25) is 3.53 Å².